The maximum Gasteiger partial charge on any atom is 0.261 e. The van der Waals surface area contributed by atoms with Gasteiger partial charge in [0.2, 0.25) is 5.91 Å². The van der Waals surface area contributed by atoms with Gasteiger partial charge >= 0.3 is 0 Å². The summed E-state index contributed by atoms with van der Waals surface area (Å²) in [6.45, 7) is 7.36. The van der Waals surface area contributed by atoms with Crippen molar-refractivity contribution in [1.82, 2.24) is 10.2 Å². The molecule has 0 aliphatic rings. The molecule has 2 amide bonds. The molecular formula is C23H28ClFN2O3. The first-order chi connectivity index (χ1) is 14.1. The van der Waals surface area contributed by atoms with E-state index in [1.54, 1.807) is 36.4 Å². The van der Waals surface area contributed by atoms with Gasteiger partial charge in [-0.05, 0) is 57.0 Å². The van der Waals surface area contributed by atoms with Crippen LogP contribution in [0.2, 0.25) is 5.02 Å². The number of hydrogen-bond acceptors (Lipinski definition) is 3. The summed E-state index contributed by atoms with van der Waals surface area (Å²) in [6.07, 6.45) is 0.418. The molecule has 0 saturated heterocycles. The van der Waals surface area contributed by atoms with Crippen LogP contribution in [0.5, 0.6) is 5.75 Å². The van der Waals surface area contributed by atoms with E-state index in [1.165, 1.54) is 17.0 Å². The molecule has 30 heavy (non-hydrogen) atoms. The smallest absolute Gasteiger partial charge is 0.261 e. The maximum atomic E-state index is 13.3. The summed E-state index contributed by atoms with van der Waals surface area (Å²) in [5.74, 6) is -0.592. The number of para-hydroxylation sites is 1. The highest BCUT2D eigenvalue weighted by atomic mass is 35.5. The Morgan fingerprint density at radius 2 is 1.77 bits per heavy atom. The highest BCUT2D eigenvalue weighted by Gasteiger charge is 2.31. The molecule has 0 unspecified atom stereocenters. The Balaban J connectivity index is 2.24. The minimum Gasteiger partial charge on any atom is -0.482 e. The van der Waals surface area contributed by atoms with Crippen molar-refractivity contribution in [3.8, 4) is 5.75 Å². The molecular weight excluding hydrogens is 407 g/mol. The quantitative estimate of drug-likeness (QED) is 0.661. The van der Waals surface area contributed by atoms with Crippen LogP contribution in [0, 0.1) is 5.82 Å². The van der Waals surface area contributed by atoms with Crippen molar-refractivity contribution < 1.29 is 18.7 Å². The van der Waals surface area contributed by atoms with Crippen molar-refractivity contribution in [2.75, 3.05) is 6.61 Å². The second-order valence-corrected chi connectivity index (χ2v) is 8.44. The van der Waals surface area contributed by atoms with Crippen LogP contribution in [0.3, 0.4) is 0 Å². The molecule has 0 aromatic heterocycles. The van der Waals surface area contributed by atoms with E-state index in [1.807, 2.05) is 27.7 Å². The first kappa shape index (κ1) is 23.7. The average Bonchev–Trinajstić information content (AvgIpc) is 2.67. The largest absolute Gasteiger partial charge is 0.482 e. The van der Waals surface area contributed by atoms with Gasteiger partial charge in [0.05, 0.1) is 5.02 Å². The van der Waals surface area contributed by atoms with Crippen molar-refractivity contribution in [1.29, 1.82) is 0 Å². The Bertz CT molecular complexity index is 865. The normalized spacial score (nSPS) is 12.2. The Labute approximate surface area is 182 Å². The van der Waals surface area contributed by atoms with Crippen molar-refractivity contribution in [2.24, 2.45) is 0 Å². The standard InChI is InChI=1S/C23H28ClFN2O3/c1-5-19(22(29)26-23(2,3)4)27(14-16-10-12-17(25)13-11-16)21(28)15-30-20-9-7-6-8-18(20)24/h6-13,19H,5,14-15H2,1-4H3,(H,26,29)/t19-/m0/s1. The summed E-state index contributed by atoms with van der Waals surface area (Å²) in [5, 5.41) is 3.32. The number of nitrogens with zero attached hydrogens (tertiary/aromatic N) is 1. The Kier molecular flexibility index (Phi) is 8.24. The summed E-state index contributed by atoms with van der Waals surface area (Å²) in [7, 11) is 0. The molecule has 2 aromatic rings. The number of amides is 2. The zero-order valence-corrected chi connectivity index (χ0v) is 18.5. The van der Waals surface area contributed by atoms with Gasteiger partial charge in [0, 0.05) is 12.1 Å². The molecule has 0 bridgehead atoms. The zero-order chi connectivity index (χ0) is 22.3. The molecule has 1 N–H and O–H groups in total. The van der Waals surface area contributed by atoms with E-state index in [0.29, 0.717) is 22.8 Å². The number of benzene rings is 2. The predicted molar refractivity (Wildman–Crippen MR) is 116 cm³/mol. The molecule has 0 heterocycles. The van der Waals surface area contributed by atoms with E-state index >= 15 is 0 Å². The number of hydrogen-bond donors (Lipinski definition) is 1. The summed E-state index contributed by atoms with van der Waals surface area (Å²) in [6, 6.07) is 12.0. The van der Waals surface area contributed by atoms with Gasteiger partial charge < -0.3 is 15.0 Å². The number of rotatable bonds is 8. The minimum atomic E-state index is -0.698. The highest BCUT2D eigenvalue weighted by Crippen LogP contribution is 2.23. The Morgan fingerprint density at radius 1 is 1.13 bits per heavy atom. The zero-order valence-electron chi connectivity index (χ0n) is 17.7. The third-order valence-electron chi connectivity index (χ3n) is 4.34. The second-order valence-electron chi connectivity index (χ2n) is 8.03. The van der Waals surface area contributed by atoms with Crippen LogP contribution < -0.4 is 10.1 Å². The van der Waals surface area contributed by atoms with Crippen LogP contribution in [0.1, 0.15) is 39.7 Å². The summed E-state index contributed by atoms with van der Waals surface area (Å²) >= 11 is 6.10. The molecule has 0 radical (unpaired) electrons. The van der Waals surface area contributed by atoms with Crippen molar-refractivity contribution in [2.45, 2.75) is 52.2 Å². The van der Waals surface area contributed by atoms with Gasteiger partial charge in [0.1, 0.15) is 17.6 Å². The number of nitrogens with one attached hydrogen (secondary N) is 1. The lowest BCUT2D eigenvalue weighted by atomic mass is 10.1. The van der Waals surface area contributed by atoms with E-state index < -0.39 is 11.6 Å². The number of carbonyl (C=O) groups excluding carboxylic acids is 2. The summed E-state index contributed by atoms with van der Waals surface area (Å²) in [5.41, 5.74) is 0.271. The van der Waals surface area contributed by atoms with Gasteiger partial charge in [-0.25, -0.2) is 4.39 Å². The fourth-order valence-electron chi connectivity index (χ4n) is 2.94. The molecule has 2 aromatic carbocycles. The van der Waals surface area contributed by atoms with Gasteiger partial charge in [-0.1, -0.05) is 42.8 Å². The van der Waals surface area contributed by atoms with E-state index in [2.05, 4.69) is 5.32 Å². The molecule has 0 aliphatic carbocycles. The van der Waals surface area contributed by atoms with Gasteiger partial charge in [0.25, 0.3) is 5.91 Å². The third kappa shape index (κ3) is 7.02. The lowest BCUT2D eigenvalue weighted by Crippen LogP contribution is -2.54. The van der Waals surface area contributed by atoms with Crippen LogP contribution >= 0.6 is 11.6 Å². The predicted octanol–water partition coefficient (Wildman–Crippen LogP) is 4.58. The van der Waals surface area contributed by atoms with Gasteiger partial charge in [-0.2, -0.15) is 0 Å². The number of halogens is 2. The molecule has 0 fully saturated rings. The fourth-order valence-corrected chi connectivity index (χ4v) is 3.13. The average molecular weight is 435 g/mol. The van der Waals surface area contributed by atoms with Gasteiger partial charge in [0.15, 0.2) is 6.61 Å². The van der Waals surface area contributed by atoms with E-state index in [-0.39, 0.29) is 30.8 Å². The van der Waals surface area contributed by atoms with E-state index in [4.69, 9.17) is 16.3 Å². The molecule has 7 heteroatoms. The van der Waals surface area contributed by atoms with Crippen LogP contribution in [0.4, 0.5) is 4.39 Å². The molecule has 162 valence electrons. The van der Waals surface area contributed by atoms with Crippen LogP contribution in [-0.4, -0.2) is 34.9 Å². The molecule has 0 saturated carbocycles. The first-order valence-corrected chi connectivity index (χ1v) is 10.2. The summed E-state index contributed by atoms with van der Waals surface area (Å²) < 4.78 is 18.9. The van der Waals surface area contributed by atoms with Gasteiger partial charge in [-0.3, -0.25) is 9.59 Å². The molecule has 2 rings (SSSR count). The number of ether oxygens (including phenoxy) is 1. The summed E-state index contributed by atoms with van der Waals surface area (Å²) in [4.78, 5) is 27.4. The Hall–Kier alpha value is -2.60. The van der Waals surface area contributed by atoms with Crippen molar-refractivity contribution in [3.05, 3.63) is 64.9 Å². The molecule has 5 nitrogen and oxygen atoms in total. The van der Waals surface area contributed by atoms with Gasteiger partial charge in [-0.15, -0.1) is 0 Å². The minimum absolute atomic E-state index is 0.154. The lowest BCUT2D eigenvalue weighted by molar-refractivity contribution is -0.143. The van der Waals surface area contributed by atoms with Crippen LogP contribution in [0.25, 0.3) is 0 Å². The molecule has 0 spiro atoms. The monoisotopic (exact) mass is 434 g/mol. The highest BCUT2D eigenvalue weighted by molar-refractivity contribution is 6.32. The van der Waals surface area contributed by atoms with E-state index in [9.17, 15) is 14.0 Å². The lowest BCUT2D eigenvalue weighted by Gasteiger charge is -2.33. The number of carbonyl (C=O) groups is 2. The topological polar surface area (TPSA) is 58.6 Å². The van der Waals surface area contributed by atoms with Crippen LogP contribution in [0.15, 0.2) is 48.5 Å². The first-order valence-electron chi connectivity index (χ1n) is 9.84. The SMILES string of the molecule is CC[C@@H](C(=O)NC(C)(C)C)N(Cc1ccc(F)cc1)C(=O)COc1ccccc1Cl. The van der Waals surface area contributed by atoms with Crippen LogP contribution in [-0.2, 0) is 16.1 Å². The van der Waals surface area contributed by atoms with E-state index in [0.717, 1.165) is 0 Å². The molecule has 1 atom stereocenters. The Morgan fingerprint density at radius 3 is 2.33 bits per heavy atom. The third-order valence-corrected chi connectivity index (χ3v) is 4.65. The fraction of sp³-hybridized carbons (Fsp3) is 0.391. The van der Waals surface area contributed by atoms with Crippen molar-refractivity contribution in [3.63, 3.8) is 0 Å². The molecule has 0 aliphatic heterocycles. The maximum absolute atomic E-state index is 13.3. The second kappa shape index (κ2) is 10.4. The van der Waals surface area contributed by atoms with Crippen molar-refractivity contribution >= 4 is 23.4 Å².